The first-order chi connectivity index (χ1) is 12.0. The number of ether oxygens (including phenoxy) is 1. The molecule has 0 unspecified atom stereocenters. The molecule has 25 heavy (non-hydrogen) atoms. The number of benzene rings is 2. The summed E-state index contributed by atoms with van der Waals surface area (Å²) in [6, 6.07) is 13.1. The van der Waals surface area contributed by atoms with Crippen molar-refractivity contribution < 1.29 is 13.2 Å². The first-order valence-electron chi connectivity index (χ1n) is 7.86. The molecule has 0 amide bonds. The van der Waals surface area contributed by atoms with Gasteiger partial charge >= 0.3 is 0 Å². The van der Waals surface area contributed by atoms with Crippen molar-refractivity contribution >= 4 is 32.8 Å². The Labute approximate surface area is 150 Å². The fourth-order valence-corrected chi connectivity index (χ4v) is 5.18. The maximum atomic E-state index is 12.8. The zero-order valence-corrected chi connectivity index (χ0v) is 15.2. The monoisotopic (exact) mass is 375 g/mol. The molecule has 0 bridgehead atoms. The predicted octanol–water partition coefficient (Wildman–Crippen LogP) is 2.15. The highest BCUT2D eigenvalue weighted by Gasteiger charge is 2.38. The second-order valence-corrected chi connectivity index (χ2v) is 8.49. The van der Waals surface area contributed by atoms with E-state index in [-0.39, 0.29) is 11.4 Å². The summed E-state index contributed by atoms with van der Waals surface area (Å²) in [4.78, 5) is 0.153. The Bertz CT molecular complexity index is 1010. The lowest BCUT2D eigenvalue weighted by molar-refractivity contribution is 0.00378. The van der Waals surface area contributed by atoms with Crippen LogP contribution in [0, 0.1) is 0 Å². The molecule has 130 valence electrons. The molecule has 1 heterocycles. The number of nitrogens with zero attached hydrogens (tertiary/aromatic N) is 2. The minimum absolute atomic E-state index is 0.153. The number of rotatable bonds is 5. The maximum absolute atomic E-state index is 12.8. The van der Waals surface area contributed by atoms with E-state index in [2.05, 4.69) is 25.6 Å². The summed E-state index contributed by atoms with van der Waals surface area (Å²) < 4.78 is 42.3. The molecule has 0 spiro atoms. The van der Waals surface area contributed by atoms with E-state index in [4.69, 9.17) is 4.74 Å². The van der Waals surface area contributed by atoms with E-state index in [1.54, 1.807) is 25.3 Å². The largest absolute Gasteiger partial charge is 0.376 e. The number of hydrogen-bond acceptors (Lipinski definition) is 6. The molecular formula is C17H17N3O3S2. The van der Waals surface area contributed by atoms with Gasteiger partial charge in [-0.05, 0) is 23.3 Å². The standard InChI is InChI=1S/C17H17N3O3S2/c1-23-17(9-12-5-2-3-6-13(12)10-17)11-18-25(21,22)15-8-4-7-14-16(15)20-24-19-14/h2-8,18H,9-11H2,1H3. The Balaban J connectivity index is 1.59. The van der Waals surface area contributed by atoms with Crippen LogP contribution in [0.15, 0.2) is 47.4 Å². The Hall–Kier alpha value is -1.87. The summed E-state index contributed by atoms with van der Waals surface area (Å²) in [6.45, 7) is 0.203. The van der Waals surface area contributed by atoms with Crippen molar-refractivity contribution in [3.8, 4) is 0 Å². The summed E-state index contributed by atoms with van der Waals surface area (Å²) in [5, 5.41) is 0. The highest BCUT2D eigenvalue weighted by Crippen LogP contribution is 2.32. The van der Waals surface area contributed by atoms with Crippen LogP contribution in [-0.4, -0.2) is 36.4 Å². The zero-order chi connectivity index (χ0) is 17.5. The Morgan fingerprint density at radius 1 is 1.12 bits per heavy atom. The van der Waals surface area contributed by atoms with Gasteiger partial charge in [0, 0.05) is 26.5 Å². The molecule has 0 radical (unpaired) electrons. The highest BCUT2D eigenvalue weighted by molar-refractivity contribution is 7.89. The topological polar surface area (TPSA) is 81.2 Å². The van der Waals surface area contributed by atoms with Crippen molar-refractivity contribution in [1.82, 2.24) is 13.5 Å². The second kappa shape index (κ2) is 6.14. The number of aromatic nitrogens is 2. The van der Waals surface area contributed by atoms with Gasteiger partial charge in [-0.3, -0.25) is 0 Å². The van der Waals surface area contributed by atoms with Gasteiger partial charge in [-0.2, -0.15) is 8.75 Å². The molecule has 6 nitrogen and oxygen atoms in total. The Morgan fingerprint density at radius 3 is 2.52 bits per heavy atom. The van der Waals surface area contributed by atoms with Gasteiger partial charge in [-0.1, -0.05) is 30.3 Å². The van der Waals surface area contributed by atoms with Gasteiger partial charge in [-0.25, -0.2) is 13.1 Å². The van der Waals surface area contributed by atoms with Crippen molar-refractivity contribution in [2.24, 2.45) is 0 Å². The van der Waals surface area contributed by atoms with Crippen molar-refractivity contribution in [3.05, 3.63) is 53.6 Å². The van der Waals surface area contributed by atoms with Crippen LogP contribution in [0.3, 0.4) is 0 Å². The van der Waals surface area contributed by atoms with E-state index in [1.165, 1.54) is 11.1 Å². The van der Waals surface area contributed by atoms with Crippen LogP contribution in [0.4, 0.5) is 0 Å². The Morgan fingerprint density at radius 2 is 1.84 bits per heavy atom. The first-order valence-corrected chi connectivity index (χ1v) is 10.1. The highest BCUT2D eigenvalue weighted by atomic mass is 32.2. The van der Waals surface area contributed by atoms with Gasteiger partial charge in [0.05, 0.1) is 17.3 Å². The molecule has 0 atom stereocenters. The number of sulfonamides is 1. The summed E-state index contributed by atoms with van der Waals surface area (Å²) in [6.07, 6.45) is 1.37. The lowest BCUT2D eigenvalue weighted by atomic mass is 10.0. The van der Waals surface area contributed by atoms with Crippen molar-refractivity contribution in [2.45, 2.75) is 23.3 Å². The molecule has 1 aromatic heterocycles. The minimum atomic E-state index is -3.71. The van der Waals surface area contributed by atoms with Crippen LogP contribution in [0.2, 0.25) is 0 Å². The van der Waals surface area contributed by atoms with E-state index in [0.29, 0.717) is 23.9 Å². The minimum Gasteiger partial charge on any atom is -0.376 e. The fraction of sp³-hybridized carbons (Fsp3) is 0.294. The van der Waals surface area contributed by atoms with Crippen LogP contribution in [-0.2, 0) is 27.6 Å². The predicted molar refractivity (Wildman–Crippen MR) is 96.2 cm³/mol. The molecular weight excluding hydrogens is 358 g/mol. The average Bonchev–Trinajstić information content (AvgIpc) is 3.24. The van der Waals surface area contributed by atoms with Crippen LogP contribution in [0.25, 0.3) is 11.0 Å². The van der Waals surface area contributed by atoms with Crippen LogP contribution < -0.4 is 4.72 Å². The van der Waals surface area contributed by atoms with E-state index in [1.807, 2.05) is 12.1 Å². The number of methoxy groups -OCH3 is 1. The van der Waals surface area contributed by atoms with Gasteiger partial charge in [0.25, 0.3) is 0 Å². The second-order valence-electron chi connectivity index (χ2n) is 6.22. The molecule has 0 aliphatic heterocycles. The molecule has 2 aromatic carbocycles. The molecule has 1 aliphatic rings. The van der Waals surface area contributed by atoms with E-state index in [9.17, 15) is 8.42 Å². The molecule has 1 N–H and O–H groups in total. The Kier molecular flexibility index (Phi) is 4.07. The maximum Gasteiger partial charge on any atom is 0.242 e. The lowest BCUT2D eigenvalue weighted by Crippen LogP contribution is -2.45. The summed E-state index contributed by atoms with van der Waals surface area (Å²) in [5.41, 5.74) is 2.83. The average molecular weight is 375 g/mol. The third kappa shape index (κ3) is 2.95. The van der Waals surface area contributed by atoms with E-state index >= 15 is 0 Å². The molecule has 0 fully saturated rings. The smallest absolute Gasteiger partial charge is 0.242 e. The van der Waals surface area contributed by atoms with Gasteiger partial charge in [0.1, 0.15) is 15.9 Å². The van der Waals surface area contributed by atoms with Crippen LogP contribution in [0.5, 0.6) is 0 Å². The van der Waals surface area contributed by atoms with Crippen LogP contribution >= 0.6 is 11.7 Å². The van der Waals surface area contributed by atoms with Crippen molar-refractivity contribution in [3.63, 3.8) is 0 Å². The first kappa shape index (κ1) is 16.6. The fourth-order valence-electron chi connectivity index (χ4n) is 3.30. The normalized spacial score (nSPS) is 16.2. The van der Waals surface area contributed by atoms with E-state index in [0.717, 1.165) is 11.7 Å². The van der Waals surface area contributed by atoms with Gasteiger partial charge < -0.3 is 4.74 Å². The molecule has 0 saturated heterocycles. The molecule has 8 heteroatoms. The quantitative estimate of drug-likeness (QED) is 0.739. The number of hydrogen-bond donors (Lipinski definition) is 1. The summed E-state index contributed by atoms with van der Waals surface area (Å²) >= 11 is 1.00. The SMILES string of the molecule is COC1(CNS(=O)(=O)c2cccc3nsnc23)Cc2ccccc2C1. The van der Waals surface area contributed by atoms with E-state index < -0.39 is 15.6 Å². The number of fused-ring (bicyclic) bond motifs is 2. The molecule has 4 rings (SSSR count). The molecule has 1 aliphatic carbocycles. The van der Waals surface area contributed by atoms with Gasteiger partial charge in [0.2, 0.25) is 10.0 Å². The van der Waals surface area contributed by atoms with Crippen molar-refractivity contribution in [2.75, 3.05) is 13.7 Å². The van der Waals surface area contributed by atoms with Crippen LogP contribution in [0.1, 0.15) is 11.1 Å². The van der Waals surface area contributed by atoms with Gasteiger partial charge in [-0.15, -0.1) is 0 Å². The third-order valence-electron chi connectivity index (χ3n) is 4.70. The summed E-state index contributed by atoms with van der Waals surface area (Å²) in [5.74, 6) is 0. The van der Waals surface area contributed by atoms with Crippen molar-refractivity contribution in [1.29, 1.82) is 0 Å². The van der Waals surface area contributed by atoms with Gasteiger partial charge in [0.15, 0.2) is 0 Å². The zero-order valence-electron chi connectivity index (χ0n) is 13.6. The molecule has 3 aromatic rings. The summed E-state index contributed by atoms with van der Waals surface area (Å²) in [7, 11) is -2.08. The third-order valence-corrected chi connectivity index (χ3v) is 6.67. The number of nitrogens with one attached hydrogen (secondary N) is 1. The molecule has 0 saturated carbocycles. The lowest BCUT2D eigenvalue weighted by Gasteiger charge is -2.27.